The molecule has 4 rings (SSSR count). The van der Waals surface area contributed by atoms with E-state index in [0.29, 0.717) is 22.7 Å². The number of hydrogen-bond acceptors (Lipinski definition) is 4. The quantitative estimate of drug-likeness (QED) is 0.471. The first kappa shape index (κ1) is 25.9. The Kier molecular flexibility index (Phi) is 6.48. The third-order valence-corrected chi connectivity index (χ3v) is 7.13. The number of rotatable bonds is 3. The van der Waals surface area contributed by atoms with Crippen molar-refractivity contribution in [1.82, 2.24) is 5.32 Å². The number of carbonyl (C=O) groups is 2. The second kappa shape index (κ2) is 8.75. The molecule has 0 saturated carbocycles. The number of halogens is 3. The molecule has 35 heavy (non-hydrogen) atoms. The van der Waals surface area contributed by atoms with Crippen LogP contribution < -0.4 is 10.6 Å². The zero-order chi connectivity index (χ0) is 25.9. The molecule has 2 aromatic rings. The molecule has 1 amide bonds. The monoisotopic (exact) mass is 520 g/mol. The number of amides is 1. The van der Waals surface area contributed by atoms with Crippen molar-refractivity contribution >= 4 is 40.8 Å². The average Bonchev–Trinajstić information content (AvgIpc) is 3.17. The minimum absolute atomic E-state index is 0.0744. The van der Waals surface area contributed by atoms with Gasteiger partial charge in [0.15, 0.2) is 0 Å². The van der Waals surface area contributed by atoms with Crippen LogP contribution in [-0.2, 0) is 19.7 Å². The Labute approximate surface area is 215 Å². The van der Waals surface area contributed by atoms with E-state index in [-0.39, 0.29) is 21.9 Å². The predicted octanol–water partition coefficient (Wildman–Crippen LogP) is 6.22. The molecular formula is C27H31Cl2FN2O3. The molecule has 1 unspecified atom stereocenters. The van der Waals surface area contributed by atoms with Gasteiger partial charge in [-0.15, -0.1) is 0 Å². The summed E-state index contributed by atoms with van der Waals surface area (Å²) in [4.78, 5) is 27.6. The second-order valence-corrected chi connectivity index (χ2v) is 12.5. The number of ether oxygens (including phenoxy) is 1. The van der Waals surface area contributed by atoms with Gasteiger partial charge in [-0.25, -0.2) is 4.39 Å². The summed E-state index contributed by atoms with van der Waals surface area (Å²) >= 11 is 12.4. The van der Waals surface area contributed by atoms with Crippen molar-refractivity contribution in [3.63, 3.8) is 0 Å². The molecule has 5 nitrogen and oxygen atoms in total. The molecule has 1 saturated heterocycles. The van der Waals surface area contributed by atoms with Crippen molar-refractivity contribution in [1.29, 1.82) is 0 Å². The normalized spacial score (nSPS) is 26.1. The summed E-state index contributed by atoms with van der Waals surface area (Å²) in [6.07, 6.45) is 0.542. The Morgan fingerprint density at radius 3 is 2.43 bits per heavy atom. The first-order chi connectivity index (χ1) is 16.1. The summed E-state index contributed by atoms with van der Waals surface area (Å²) in [7, 11) is 0. The van der Waals surface area contributed by atoms with Crippen LogP contribution >= 0.6 is 23.2 Å². The topological polar surface area (TPSA) is 67.4 Å². The van der Waals surface area contributed by atoms with Crippen LogP contribution in [0.2, 0.25) is 10.0 Å². The summed E-state index contributed by atoms with van der Waals surface area (Å²) in [6, 6.07) is 8.38. The Morgan fingerprint density at radius 2 is 1.80 bits per heavy atom. The van der Waals surface area contributed by atoms with Crippen LogP contribution in [0, 0.1) is 11.2 Å². The first-order valence-corrected chi connectivity index (χ1v) is 12.4. The fourth-order valence-corrected chi connectivity index (χ4v) is 5.85. The molecule has 2 aliphatic heterocycles. The van der Waals surface area contributed by atoms with E-state index in [9.17, 15) is 9.59 Å². The van der Waals surface area contributed by atoms with Crippen molar-refractivity contribution in [2.45, 2.75) is 77.0 Å². The van der Waals surface area contributed by atoms with Crippen LogP contribution in [0.1, 0.15) is 65.0 Å². The van der Waals surface area contributed by atoms with Crippen molar-refractivity contribution in [2.75, 3.05) is 5.32 Å². The van der Waals surface area contributed by atoms with Crippen molar-refractivity contribution in [3.05, 3.63) is 63.4 Å². The maximum Gasteiger partial charge on any atom is 0.324 e. The number of fused-ring (bicyclic) bond motifs is 2. The molecule has 0 bridgehead atoms. The molecule has 2 N–H and O–H groups in total. The van der Waals surface area contributed by atoms with E-state index in [1.54, 1.807) is 51.1 Å². The lowest BCUT2D eigenvalue weighted by atomic mass is 9.62. The van der Waals surface area contributed by atoms with Gasteiger partial charge in [0.2, 0.25) is 5.91 Å². The van der Waals surface area contributed by atoms with E-state index < -0.39 is 40.8 Å². The molecule has 1 fully saturated rings. The van der Waals surface area contributed by atoms with Crippen LogP contribution in [0.4, 0.5) is 10.1 Å². The van der Waals surface area contributed by atoms with Gasteiger partial charge in [0.25, 0.3) is 0 Å². The maximum atomic E-state index is 15.6. The fourth-order valence-electron chi connectivity index (χ4n) is 5.49. The van der Waals surface area contributed by atoms with Gasteiger partial charge in [0, 0.05) is 22.7 Å². The van der Waals surface area contributed by atoms with Crippen molar-refractivity contribution < 1.29 is 18.7 Å². The molecule has 1 spiro atoms. The van der Waals surface area contributed by atoms with Gasteiger partial charge in [0.1, 0.15) is 22.9 Å². The SMILES string of the molecule is CC(C)(C)C[C@@H]1N[C@@H](C(=O)OC(C)(C)C)C(c2cccc(Cl)c2F)[C@]12C(=O)Nc1cc(Cl)ccc12. The molecule has 4 atom stereocenters. The Bertz CT molecular complexity index is 1190. The number of carbonyl (C=O) groups excluding carboxylic acids is 2. The maximum absolute atomic E-state index is 15.6. The van der Waals surface area contributed by atoms with Crippen LogP contribution in [-0.4, -0.2) is 29.6 Å². The third kappa shape index (κ3) is 4.56. The van der Waals surface area contributed by atoms with E-state index >= 15 is 4.39 Å². The summed E-state index contributed by atoms with van der Waals surface area (Å²) in [6.45, 7) is 11.5. The summed E-state index contributed by atoms with van der Waals surface area (Å²) in [5.41, 5.74) is -0.852. The minimum Gasteiger partial charge on any atom is -0.459 e. The van der Waals surface area contributed by atoms with Crippen LogP contribution in [0.15, 0.2) is 36.4 Å². The van der Waals surface area contributed by atoms with Gasteiger partial charge in [-0.2, -0.15) is 0 Å². The molecule has 8 heteroatoms. The number of nitrogens with one attached hydrogen (secondary N) is 2. The van der Waals surface area contributed by atoms with Gasteiger partial charge < -0.3 is 10.1 Å². The number of anilines is 1. The first-order valence-electron chi connectivity index (χ1n) is 11.7. The zero-order valence-electron chi connectivity index (χ0n) is 20.8. The van der Waals surface area contributed by atoms with E-state index in [0.717, 1.165) is 0 Å². The highest BCUT2D eigenvalue weighted by Gasteiger charge is 2.66. The van der Waals surface area contributed by atoms with Crippen molar-refractivity contribution in [2.24, 2.45) is 5.41 Å². The Morgan fingerprint density at radius 1 is 1.11 bits per heavy atom. The Hall–Kier alpha value is -2.15. The van der Waals surface area contributed by atoms with Gasteiger partial charge >= 0.3 is 5.97 Å². The fraction of sp³-hybridized carbons (Fsp3) is 0.481. The molecule has 0 radical (unpaired) electrons. The van der Waals surface area contributed by atoms with Gasteiger partial charge in [-0.05, 0) is 61.9 Å². The molecule has 2 heterocycles. The molecular weight excluding hydrogens is 490 g/mol. The lowest BCUT2D eigenvalue weighted by Gasteiger charge is -2.37. The lowest BCUT2D eigenvalue weighted by molar-refractivity contribution is -0.157. The number of benzene rings is 2. The highest BCUT2D eigenvalue weighted by Crippen LogP contribution is 2.57. The van der Waals surface area contributed by atoms with Gasteiger partial charge in [-0.1, -0.05) is 62.2 Å². The van der Waals surface area contributed by atoms with E-state index in [4.69, 9.17) is 27.9 Å². The molecule has 188 valence electrons. The summed E-state index contributed by atoms with van der Waals surface area (Å²) in [5.74, 6) is -2.42. The Balaban J connectivity index is 2.01. The highest BCUT2D eigenvalue weighted by atomic mass is 35.5. The number of esters is 1. The van der Waals surface area contributed by atoms with Gasteiger partial charge in [-0.3, -0.25) is 14.9 Å². The summed E-state index contributed by atoms with van der Waals surface area (Å²) < 4.78 is 21.4. The standard InChI is InChI=1S/C27H31Cl2FN2O3/c1-25(2,3)13-19-27(16-11-10-14(28)12-18(16)31-24(27)34)20(15-8-7-9-17(29)21(15)30)22(32-19)23(33)35-26(4,5)6/h7-12,19-20,22,32H,13H2,1-6H3,(H,31,34)/t19-,20?,22+,27+/m0/s1. The minimum atomic E-state index is -1.29. The summed E-state index contributed by atoms with van der Waals surface area (Å²) in [5, 5.41) is 6.75. The smallest absolute Gasteiger partial charge is 0.324 e. The third-order valence-electron chi connectivity index (χ3n) is 6.60. The highest BCUT2D eigenvalue weighted by molar-refractivity contribution is 6.31. The van der Waals surface area contributed by atoms with E-state index in [1.807, 2.05) is 0 Å². The molecule has 0 aliphatic carbocycles. The van der Waals surface area contributed by atoms with Crippen LogP contribution in [0.25, 0.3) is 0 Å². The average molecular weight is 521 g/mol. The van der Waals surface area contributed by atoms with Crippen LogP contribution in [0.5, 0.6) is 0 Å². The zero-order valence-corrected chi connectivity index (χ0v) is 22.3. The molecule has 2 aliphatic rings. The van der Waals surface area contributed by atoms with Crippen molar-refractivity contribution in [3.8, 4) is 0 Å². The van der Waals surface area contributed by atoms with E-state index in [2.05, 4.69) is 31.4 Å². The van der Waals surface area contributed by atoms with Gasteiger partial charge in [0.05, 0.1) is 5.02 Å². The second-order valence-electron chi connectivity index (χ2n) is 11.6. The predicted molar refractivity (Wildman–Crippen MR) is 137 cm³/mol. The van der Waals surface area contributed by atoms with E-state index in [1.165, 1.54) is 6.07 Å². The molecule has 0 aromatic heterocycles. The molecule has 2 aromatic carbocycles. The lowest BCUT2D eigenvalue weighted by Crippen LogP contribution is -2.49. The van der Waals surface area contributed by atoms with Crippen LogP contribution in [0.3, 0.4) is 0 Å². The number of hydrogen-bond donors (Lipinski definition) is 2. The largest absolute Gasteiger partial charge is 0.459 e.